The molecule has 2 nitrogen and oxygen atoms in total. The van der Waals surface area contributed by atoms with Crippen molar-refractivity contribution in [1.29, 1.82) is 0 Å². The van der Waals surface area contributed by atoms with Gasteiger partial charge in [0.05, 0.1) is 19.3 Å². The molecule has 0 aromatic rings. The maximum atomic E-state index is 5.27. The molecule has 1 aliphatic heterocycles. The average Bonchev–Trinajstić information content (AvgIpc) is 1.81. The predicted molar refractivity (Wildman–Crippen MR) is 43.1 cm³/mol. The third kappa shape index (κ3) is 1.40. The van der Waals surface area contributed by atoms with E-state index >= 15 is 0 Å². The summed E-state index contributed by atoms with van der Waals surface area (Å²) in [6.45, 7) is 1.77. The van der Waals surface area contributed by atoms with Crippen LogP contribution in [0.5, 0.6) is 0 Å². The summed E-state index contributed by atoms with van der Waals surface area (Å²) in [6.07, 6.45) is 7.59. The molecule has 1 aliphatic carbocycles. The molecule has 1 N–H and O–H groups in total. The molecule has 0 radical (unpaired) electrons. The lowest BCUT2D eigenvalue weighted by atomic mass is 9.80. The summed E-state index contributed by atoms with van der Waals surface area (Å²) >= 11 is 0. The highest BCUT2D eigenvalue weighted by atomic mass is 16.5. The summed E-state index contributed by atoms with van der Waals surface area (Å²) < 4.78 is 5.05. The van der Waals surface area contributed by atoms with Gasteiger partial charge in [-0.1, -0.05) is 0 Å². The van der Waals surface area contributed by atoms with Gasteiger partial charge in [-0.05, 0) is 12.8 Å². The highest BCUT2D eigenvalue weighted by Gasteiger charge is 2.31. The minimum atomic E-state index is 0.536. The van der Waals surface area contributed by atoms with Crippen LogP contribution >= 0.6 is 0 Å². The van der Waals surface area contributed by atoms with Gasteiger partial charge in [0.25, 0.3) is 0 Å². The summed E-state index contributed by atoms with van der Waals surface area (Å²) in [5.41, 5.74) is 0. The van der Waals surface area contributed by atoms with Crippen LogP contribution in [0.4, 0.5) is 0 Å². The number of nitrogens with one attached hydrogen (secondary N) is 1. The van der Waals surface area contributed by atoms with Crippen LogP contribution < -0.4 is 5.32 Å². The number of hydrogen-bond donors (Lipinski definition) is 1. The monoisotopic (exact) mass is 151 g/mol. The quantitative estimate of drug-likeness (QED) is 0.576. The van der Waals surface area contributed by atoms with Gasteiger partial charge in [-0.25, -0.2) is 0 Å². The van der Waals surface area contributed by atoms with E-state index in [1.807, 2.05) is 0 Å². The smallest absolute Gasteiger partial charge is 0.0643 e. The maximum absolute atomic E-state index is 5.27. The third-order valence-corrected chi connectivity index (χ3v) is 2.48. The van der Waals surface area contributed by atoms with Crippen LogP contribution in [0.2, 0.25) is 0 Å². The minimum absolute atomic E-state index is 0.536. The van der Waals surface area contributed by atoms with E-state index in [1.54, 1.807) is 0 Å². The normalized spacial score (nSPS) is 37.0. The highest BCUT2D eigenvalue weighted by Crippen LogP contribution is 2.27. The van der Waals surface area contributed by atoms with Gasteiger partial charge in [-0.3, -0.25) is 0 Å². The van der Waals surface area contributed by atoms with Crippen molar-refractivity contribution in [2.24, 2.45) is 5.92 Å². The summed E-state index contributed by atoms with van der Waals surface area (Å²) in [5, 5.41) is 3.50. The van der Waals surface area contributed by atoms with E-state index in [9.17, 15) is 0 Å². The first-order valence-corrected chi connectivity index (χ1v) is 4.18. The lowest BCUT2D eigenvalue weighted by Gasteiger charge is -2.38. The molecule has 1 saturated heterocycles. The lowest BCUT2D eigenvalue weighted by Crippen LogP contribution is -2.54. The van der Waals surface area contributed by atoms with Gasteiger partial charge in [0.1, 0.15) is 0 Å². The Bertz CT molecular complexity index is 174. The molecule has 2 aliphatic rings. The molecule has 11 heavy (non-hydrogen) atoms. The molecule has 0 amide bonds. The second-order valence-corrected chi connectivity index (χ2v) is 3.43. The van der Waals surface area contributed by atoms with Crippen LogP contribution in [0, 0.1) is 18.3 Å². The summed E-state index contributed by atoms with van der Waals surface area (Å²) in [7, 11) is 0. The molecule has 0 unspecified atom stereocenters. The number of hydrogen-bond acceptors (Lipinski definition) is 2. The fourth-order valence-electron chi connectivity index (χ4n) is 1.56. The van der Waals surface area contributed by atoms with Gasteiger partial charge in [0, 0.05) is 12.0 Å². The van der Waals surface area contributed by atoms with E-state index in [2.05, 4.69) is 11.2 Å². The minimum Gasteiger partial charge on any atom is -0.378 e. The van der Waals surface area contributed by atoms with Crippen molar-refractivity contribution in [1.82, 2.24) is 5.32 Å². The predicted octanol–water partition coefficient (Wildman–Crippen LogP) is 0.387. The van der Waals surface area contributed by atoms with Crippen LogP contribution in [0.3, 0.4) is 0 Å². The Hall–Kier alpha value is -0.520. The maximum Gasteiger partial charge on any atom is 0.0643 e. The molecule has 1 heterocycles. The van der Waals surface area contributed by atoms with Gasteiger partial charge in [0.2, 0.25) is 0 Å². The van der Waals surface area contributed by atoms with Gasteiger partial charge in [-0.2, -0.15) is 0 Å². The van der Waals surface area contributed by atoms with Crippen molar-refractivity contribution < 1.29 is 4.74 Å². The van der Waals surface area contributed by atoms with E-state index < -0.39 is 0 Å². The first-order valence-electron chi connectivity index (χ1n) is 4.18. The van der Waals surface area contributed by atoms with Crippen molar-refractivity contribution in [3.8, 4) is 12.3 Å². The van der Waals surface area contributed by atoms with Gasteiger partial charge < -0.3 is 10.1 Å². The van der Waals surface area contributed by atoms with Crippen LogP contribution in [0.25, 0.3) is 0 Å². The molecule has 60 valence electrons. The molecule has 2 rings (SSSR count). The Labute approximate surface area is 67.3 Å². The Morgan fingerprint density at radius 2 is 2.00 bits per heavy atom. The molecule has 2 heteroatoms. The average molecular weight is 151 g/mol. The summed E-state index contributed by atoms with van der Waals surface area (Å²) in [4.78, 5) is 0. The van der Waals surface area contributed by atoms with Crippen LogP contribution in [0.15, 0.2) is 0 Å². The Balaban J connectivity index is 1.64. The van der Waals surface area contributed by atoms with Crippen molar-refractivity contribution in [3.05, 3.63) is 0 Å². The zero-order chi connectivity index (χ0) is 7.68. The first kappa shape index (κ1) is 7.15. The van der Waals surface area contributed by atoms with Crippen LogP contribution in [-0.2, 0) is 4.74 Å². The van der Waals surface area contributed by atoms with E-state index in [4.69, 9.17) is 11.2 Å². The molecule has 2 fully saturated rings. The molecule has 1 saturated carbocycles. The second-order valence-electron chi connectivity index (χ2n) is 3.43. The van der Waals surface area contributed by atoms with Gasteiger partial charge in [0.15, 0.2) is 0 Å². The lowest BCUT2D eigenvalue weighted by molar-refractivity contribution is -0.0163. The Morgan fingerprint density at radius 1 is 1.27 bits per heavy atom. The van der Waals surface area contributed by atoms with Crippen molar-refractivity contribution >= 4 is 0 Å². The largest absolute Gasteiger partial charge is 0.378 e. The van der Waals surface area contributed by atoms with Gasteiger partial charge in [-0.15, -0.1) is 12.3 Å². The Morgan fingerprint density at radius 3 is 2.45 bits per heavy atom. The highest BCUT2D eigenvalue weighted by molar-refractivity contribution is 5.03. The number of ether oxygens (including phenoxy) is 1. The van der Waals surface area contributed by atoms with E-state index in [1.165, 1.54) is 0 Å². The third-order valence-electron chi connectivity index (χ3n) is 2.48. The topological polar surface area (TPSA) is 21.3 Å². The second kappa shape index (κ2) is 2.84. The standard InChI is InChI=1S/C9H13NO/c1-2-7-3-8(4-7)10-9-5-11-6-9/h1,7-10H,3-6H2. The zero-order valence-electron chi connectivity index (χ0n) is 6.55. The van der Waals surface area contributed by atoms with Gasteiger partial charge >= 0.3 is 0 Å². The molecule has 0 spiro atoms. The van der Waals surface area contributed by atoms with E-state index in [0.29, 0.717) is 18.0 Å². The SMILES string of the molecule is C#CC1CC(NC2COC2)C1. The van der Waals surface area contributed by atoms with E-state index in [-0.39, 0.29) is 0 Å². The Kier molecular flexibility index (Phi) is 1.85. The summed E-state index contributed by atoms with van der Waals surface area (Å²) in [5.74, 6) is 3.31. The fraction of sp³-hybridized carbons (Fsp3) is 0.778. The summed E-state index contributed by atoms with van der Waals surface area (Å²) in [6, 6.07) is 1.28. The molecule has 0 bridgehead atoms. The van der Waals surface area contributed by atoms with Crippen molar-refractivity contribution in [2.45, 2.75) is 24.9 Å². The molecule has 0 atom stereocenters. The zero-order valence-corrected chi connectivity index (χ0v) is 6.55. The first-order chi connectivity index (χ1) is 5.38. The molecule has 0 aromatic carbocycles. The van der Waals surface area contributed by atoms with Crippen LogP contribution in [-0.4, -0.2) is 25.3 Å². The van der Waals surface area contributed by atoms with Crippen molar-refractivity contribution in [2.75, 3.05) is 13.2 Å². The number of terminal acetylenes is 1. The van der Waals surface area contributed by atoms with Crippen molar-refractivity contribution in [3.63, 3.8) is 0 Å². The van der Waals surface area contributed by atoms with E-state index in [0.717, 1.165) is 26.1 Å². The number of rotatable bonds is 2. The molecular formula is C9H13NO. The molecule has 0 aromatic heterocycles. The van der Waals surface area contributed by atoms with Crippen LogP contribution in [0.1, 0.15) is 12.8 Å². The fourth-order valence-corrected chi connectivity index (χ4v) is 1.56. The molecular weight excluding hydrogens is 138 g/mol.